The predicted octanol–water partition coefficient (Wildman–Crippen LogP) is 2.50. The Kier molecular flexibility index (Phi) is 6.96. The first-order valence-corrected chi connectivity index (χ1v) is 8.49. The van der Waals surface area contributed by atoms with Gasteiger partial charge >= 0.3 is 0 Å². The quantitative estimate of drug-likeness (QED) is 0.835. The molecule has 1 aliphatic heterocycles. The molecule has 0 saturated carbocycles. The Morgan fingerprint density at radius 3 is 2.91 bits per heavy atom. The second-order valence-corrected chi connectivity index (χ2v) is 6.45. The molecule has 1 aromatic rings. The van der Waals surface area contributed by atoms with Crippen LogP contribution >= 0.6 is 11.6 Å². The lowest BCUT2D eigenvalue weighted by atomic mass is 10.1. The minimum absolute atomic E-state index is 0.258. The van der Waals surface area contributed by atoms with Crippen molar-refractivity contribution in [3.05, 3.63) is 29.3 Å². The molecule has 0 bridgehead atoms. The van der Waals surface area contributed by atoms with Crippen LogP contribution in [0.3, 0.4) is 0 Å². The van der Waals surface area contributed by atoms with Gasteiger partial charge in [0.1, 0.15) is 12.4 Å². The monoisotopic (exact) mass is 326 g/mol. The van der Waals surface area contributed by atoms with E-state index in [1.807, 2.05) is 31.2 Å². The normalized spacial score (nSPS) is 21.7. The molecule has 2 atom stereocenters. The van der Waals surface area contributed by atoms with E-state index in [0.717, 1.165) is 44.9 Å². The topological polar surface area (TPSA) is 35.9 Å². The zero-order valence-corrected chi connectivity index (χ0v) is 14.3. The minimum Gasteiger partial charge on any atom is -0.492 e. The van der Waals surface area contributed by atoms with Gasteiger partial charge in [-0.3, -0.25) is 9.80 Å². The molecule has 4 nitrogen and oxygen atoms in total. The molecular weight excluding hydrogens is 300 g/mol. The average Bonchev–Trinajstić information content (AvgIpc) is 2.48. The summed E-state index contributed by atoms with van der Waals surface area (Å²) in [7, 11) is 0. The average molecular weight is 327 g/mol. The lowest BCUT2D eigenvalue weighted by Gasteiger charge is -2.41. The molecule has 1 saturated heterocycles. The van der Waals surface area contributed by atoms with E-state index in [-0.39, 0.29) is 6.10 Å². The molecule has 1 fully saturated rings. The Bertz CT molecular complexity index is 456. The van der Waals surface area contributed by atoms with Gasteiger partial charge in [0, 0.05) is 43.8 Å². The molecule has 0 aromatic heterocycles. The summed E-state index contributed by atoms with van der Waals surface area (Å²) in [6.07, 6.45) is 0.852. The van der Waals surface area contributed by atoms with Gasteiger partial charge in [0.25, 0.3) is 0 Å². The Hall–Kier alpha value is -0.810. The third-order valence-corrected chi connectivity index (χ3v) is 4.37. The Balaban J connectivity index is 1.75. The molecule has 5 heteroatoms. The number of hydrogen-bond acceptors (Lipinski definition) is 4. The molecule has 0 radical (unpaired) electrons. The van der Waals surface area contributed by atoms with Gasteiger partial charge in [-0.05, 0) is 31.5 Å². The van der Waals surface area contributed by atoms with Crippen LogP contribution in [0.25, 0.3) is 0 Å². The van der Waals surface area contributed by atoms with Crippen LogP contribution in [-0.2, 0) is 0 Å². The summed E-state index contributed by atoms with van der Waals surface area (Å²) in [5.74, 6) is 0.826. The van der Waals surface area contributed by atoms with E-state index in [9.17, 15) is 5.11 Å². The largest absolute Gasteiger partial charge is 0.492 e. The third-order valence-electron chi connectivity index (χ3n) is 4.13. The number of aliphatic hydroxyl groups excluding tert-OH is 1. The number of piperazine rings is 1. The van der Waals surface area contributed by atoms with Crippen LogP contribution in [-0.4, -0.2) is 66.4 Å². The molecule has 22 heavy (non-hydrogen) atoms. The molecule has 0 amide bonds. The Morgan fingerprint density at radius 2 is 2.23 bits per heavy atom. The van der Waals surface area contributed by atoms with Crippen molar-refractivity contribution >= 4 is 11.6 Å². The highest BCUT2D eigenvalue weighted by atomic mass is 35.5. The molecule has 124 valence electrons. The van der Waals surface area contributed by atoms with Crippen LogP contribution in [0.4, 0.5) is 0 Å². The van der Waals surface area contributed by atoms with Crippen LogP contribution in [0.15, 0.2) is 24.3 Å². The van der Waals surface area contributed by atoms with Crippen molar-refractivity contribution in [3.63, 3.8) is 0 Å². The molecular formula is C17H27ClN2O2. The number of halogens is 1. The van der Waals surface area contributed by atoms with Crippen LogP contribution in [0, 0.1) is 0 Å². The highest BCUT2D eigenvalue weighted by Gasteiger charge is 2.26. The van der Waals surface area contributed by atoms with Crippen molar-refractivity contribution < 1.29 is 9.84 Å². The highest BCUT2D eigenvalue weighted by Crippen LogP contribution is 2.17. The first kappa shape index (κ1) is 17.5. The first-order chi connectivity index (χ1) is 10.6. The molecule has 2 rings (SSSR count). The van der Waals surface area contributed by atoms with Crippen LogP contribution < -0.4 is 4.74 Å². The molecule has 1 N–H and O–H groups in total. The molecule has 1 aromatic carbocycles. The predicted molar refractivity (Wildman–Crippen MR) is 90.7 cm³/mol. The van der Waals surface area contributed by atoms with Gasteiger partial charge in [-0.1, -0.05) is 24.6 Å². The van der Waals surface area contributed by atoms with Gasteiger partial charge in [-0.2, -0.15) is 0 Å². The summed E-state index contributed by atoms with van der Waals surface area (Å²) in [6.45, 7) is 9.53. The number of ether oxygens (including phenoxy) is 1. The summed E-state index contributed by atoms with van der Waals surface area (Å²) in [4.78, 5) is 4.84. The summed E-state index contributed by atoms with van der Waals surface area (Å²) >= 11 is 5.95. The van der Waals surface area contributed by atoms with Gasteiger partial charge in [-0.25, -0.2) is 0 Å². The van der Waals surface area contributed by atoms with Gasteiger partial charge < -0.3 is 9.84 Å². The highest BCUT2D eigenvalue weighted by molar-refractivity contribution is 6.30. The summed E-state index contributed by atoms with van der Waals surface area (Å²) < 4.78 is 5.77. The molecule has 1 heterocycles. The van der Waals surface area contributed by atoms with Crippen molar-refractivity contribution in [1.82, 2.24) is 9.80 Å². The third kappa shape index (κ3) is 5.43. The maximum atomic E-state index is 9.59. The van der Waals surface area contributed by atoms with E-state index < -0.39 is 0 Å². The van der Waals surface area contributed by atoms with Crippen LogP contribution in [0.1, 0.15) is 20.3 Å². The first-order valence-electron chi connectivity index (χ1n) is 8.11. The van der Waals surface area contributed by atoms with E-state index in [0.29, 0.717) is 17.7 Å². The van der Waals surface area contributed by atoms with Gasteiger partial charge in [-0.15, -0.1) is 0 Å². The van der Waals surface area contributed by atoms with E-state index in [1.54, 1.807) is 0 Å². The summed E-state index contributed by atoms with van der Waals surface area (Å²) in [5, 5.41) is 10.3. The number of aliphatic hydroxyl groups is 1. The van der Waals surface area contributed by atoms with Crippen molar-refractivity contribution in [1.29, 1.82) is 0 Å². The van der Waals surface area contributed by atoms with Crippen molar-refractivity contribution in [2.75, 3.05) is 39.3 Å². The lowest BCUT2D eigenvalue weighted by molar-refractivity contribution is 0.0322. The molecule has 0 unspecified atom stereocenters. The van der Waals surface area contributed by atoms with Gasteiger partial charge in [0.05, 0.1) is 6.10 Å². The van der Waals surface area contributed by atoms with Crippen LogP contribution in [0.5, 0.6) is 5.75 Å². The van der Waals surface area contributed by atoms with E-state index in [1.165, 1.54) is 0 Å². The van der Waals surface area contributed by atoms with E-state index in [2.05, 4.69) is 16.7 Å². The minimum atomic E-state index is -0.258. The lowest BCUT2D eigenvalue weighted by Crippen LogP contribution is -2.55. The fourth-order valence-corrected chi connectivity index (χ4v) is 3.16. The standard InChI is InChI=1S/C17H27ClN2O2/c1-3-16-13-19(7-8-20(16)12-14(2)21)9-10-22-17-6-4-5-15(18)11-17/h4-6,11,14,16,21H,3,7-10,12-13H2,1-2H3/t14-,16-/m1/s1. The van der Waals surface area contributed by atoms with Crippen molar-refractivity contribution in [2.45, 2.75) is 32.4 Å². The molecule has 0 spiro atoms. The van der Waals surface area contributed by atoms with Gasteiger partial charge in [0.2, 0.25) is 0 Å². The van der Waals surface area contributed by atoms with E-state index in [4.69, 9.17) is 16.3 Å². The Morgan fingerprint density at radius 1 is 1.41 bits per heavy atom. The van der Waals surface area contributed by atoms with Crippen molar-refractivity contribution in [2.24, 2.45) is 0 Å². The smallest absolute Gasteiger partial charge is 0.120 e. The zero-order valence-electron chi connectivity index (χ0n) is 13.5. The van der Waals surface area contributed by atoms with Crippen molar-refractivity contribution in [3.8, 4) is 5.75 Å². The van der Waals surface area contributed by atoms with E-state index >= 15 is 0 Å². The number of benzene rings is 1. The number of β-amino-alcohol motifs (C(OH)–C–C–N with tert-alkyl or cyclic N) is 1. The second kappa shape index (κ2) is 8.73. The fourth-order valence-electron chi connectivity index (χ4n) is 2.98. The molecule has 0 aliphatic carbocycles. The summed E-state index contributed by atoms with van der Waals surface area (Å²) in [5.41, 5.74) is 0. The maximum Gasteiger partial charge on any atom is 0.120 e. The molecule has 1 aliphatic rings. The maximum absolute atomic E-state index is 9.59. The van der Waals surface area contributed by atoms with Crippen LogP contribution in [0.2, 0.25) is 5.02 Å². The van der Waals surface area contributed by atoms with Gasteiger partial charge in [0.15, 0.2) is 0 Å². The fraction of sp³-hybridized carbons (Fsp3) is 0.647. The number of nitrogens with zero attached hydrogens (tertiary/aromatic N) is 2. The Labute approximate surface area is 138 Å². The second-order valence-electron chi connectivity index (χ2n) is 6.01. The number of hydrogen-bond donors (Lipinski definition) is 1. The SMILES string of the molecule is CC[C@@H]1CN(CCOc2cccc(Cl)c2)CCN1C[C@@H](C)O. The zero-order chi connectivity index (χ0) is 15.9. The summed E-state index contributed by atoms with van der Waals surface area (Å²) in [6, 6.07) is 8.05. The number of rotatable bonds is 7.